The molecule has 7 heteroatoms. The van der Waals surface area contributed by atoms with E-state index in [1.54, 1.807) is 12.1 Å². The number of piperazine rings is 1. The van der Waals surface area contributed by atoms with Gasteiger partial charge in [0.15, 0.2) is 0 Å². The second kappa shape index (κ2) is 10.4. The van der Waals surface area contributed by atoms with Crippen molar-refractivity contribution in [2.45, 2.75) is 38.3 Å². The van der Waals surface area contributed by atoms with Crippen LogP contribution in [-0.2, 0) is 0 Å². The van der Waals surface area contributed by atoms with E-state index < -0.39 is 6.61 Å². The van der Waals surface area contributed by atoms with Gasteiger partial charge in [0, 0.05) is 32.2 Å². The molecule has 1 saturated carbocycles. The third-order valence-corrected chi connectivity index (χ3v) is 4.82. The normalized spacial score (nSPS) is 20.3. The maximum Gasteiger partial charge on any atom is 0.387 e. The van der Waals surface area contributed by atoms with Crippen LogP contribution < -0.4 is 10.1 Å². The van der Waals surface area contributed by atoms with Crippen LogP contribution in [0.1, 0.15) is 37.3 Å². The number of nitrogens with zero attached hydrogens (tertiary/aromatic N) is 1. The molecular weight excluding hydrogens is 357 g/mol. The van der Waals surface area contributed by atoms with E-state index in [4.69, 9.17) is 0 Å². The Morgan fingerprint density at radius 1 is 1.08 bits per heavy atom. The number of alkyl halides is 2. The van der Waals surface area contributed by atoms with Gasteiger partial charge in [-0.15, -0.1) is 24.8 Å². The molecule has 1 aromatic carbocycles. The summed E-state index contributed by atoms with van der Waals surface area (Å²) < 4.78 is 29.5. The van der Waals surface area contributed by atoms with Gasteiger partial charge in [-0.05, 0) is 36.5 Å². The van der Waals surface area contributed by atoms with Gasteiger partial charge in [0.2, 0.25) is 0 Å². The number of halogens is 4. The number of rotatable bonds is 5. The van der Waals surface area contributed by atoms with E-state index in [9.17, 15) is 8.78 Å². The molecule has 2 fully saturated rings. The minimum absolute atomic E-state index is 0. The summed E-state index contributed by atoms with van der Waals surface area (Å²) in [6, 6.07) is 7.63. The van der Waals surface area contributed by atoms with Gasteiger partial charge in [0.05, 0.1) is 0 Å². The Morgan fingerprint density at radius 3 is 2.38 bits per heavy atom. The van der Waals surface area contributed by atoms with Gasteiger partial charge in [0.25, 0.3) is 0 Å². The summed E-state index contributed by atoms with van der Waals surface area (Å²) in [6.07, 6.45) is 5.02. The molecule has 0 spiro atoms. The number of ether oxygens (including phenoxy) is 1. The van der Waals surface area contributed by atoms with Crippen LogP contribution in [0.3, 0.4) is 0 Å². The number of hydrogen-bond acceptors (Lipinski definition) is 3. The Hall–Kier alpha value is -0.620. The molecule has 3 rings (SSSR count). The van der Waals surface area contributed by atoms with Crippen LogP contribution in [0.4, 0.5) is 8.78 Å². The zero-order valence-corrected chi connectivity index (χ0v) is 15.3. The lowest BCUT2D eigenvalue weighted by molar-refractivity contribution is -0.0499. The molecule has 0 amide bonds. The average Bonchev–Trinajstić information content (AvgIpc) is 3.02. The van der Waals surface area contributed by atoms with E-state index in [2.05, 4.69) is 21.0 Å². The van der Waals surface area contributed by atoms with E-state index in [1.807, 2.05) is 6.07 Å². The molecule has 1 atom stereocenters. The standard InChI is InChI=1S/C17H24F2N2O.2ClH/c18-17(19)22-15-7-3-6-14(12-15)16(13-4-1-2-5-13)21-10-8-20-9-11-21;;/h3,6-7,12-13,16-17,20H,1-2,4-5,8-11H2;2*1H/t16-;;/m1../s1. The van der Waals surface area contributed by atoms with Gasteiger partial charge >= 0.3 is 6.61 Å². The molecule has 0 radical (unpaired) electrons. The first-order valence-corrected chi connectivity index (χ1v) is 8.23. The molecule has 1 aromatic rings. The van der Waals surface area contributed by atoms with Gasteiger partial charge in [-0.25, -0.2) is 0 Å². The van der Waals surface area contributed by atoms with E-state index >= 15 is 0 Å². The summed E-state index contributed by atoms with van der Waals surface area (Å²) in [5.41, 5.74) is 1.12. The molecule has 2 aliphatic rings. The van der Waals surface area contributed by atoms with Gasteiger partial charge < -0.3 is 10.1 Å². The van der Waals surface area contributed by atoms with Crippen molar-refractivity contribution in [3.8, 4) is 5.75 Å². The lowest BCUT2D eigenvalue weighted by Gasteiger charge is -2.38. The number of benzene rings is 1. The molecule has 1 heterocycles. The molecular formula is C17H26Cl2F2N2O. The maximum absolute atomic E-state index is 12.5. The quantitative estimate of drug-likeness (QED) is 0.822. The average molecular weight is 383 g/mol. The SMILES string of the molecule is Cl.Cl.FC(F)Oc1cccc([C@@H](C2CCCC2)N2CCNCC2)c1. The highest BCUT2D eigenvalue weighted by Crippen LogP contribution is 2.40. The van der Waals surface area contributed by atoms with Crippen molar-refractivity contribution in [3.05, 3.63) is 29.8 Å². The summed E-state index contributed by atoms with van der Waals surface area (Å²) >= 11 is 0. The first-order valence-electron chi connectivity index (χ1n) is 8.23. The molecule has 138 valence electrons. The minimum Gasteiger partial charge on any atom is -0.435 e. The third kappa shape index (κ3) is 5.45. The van der Waals surface area contributed by atoms with E-state index in [0.29, 0.717) is 12.0 Å². The van der Waals surface area contributed by atoms with Crippen molar-refractivity contribution in [2.24, 2.45) is 5.92 Å². The highest BCUT2D eigenvalue weighted by molar-refractivity contribution is 5.85. The van der Waals surface area contributed by atoms with Crippen LogP contribution in [0.2, 0.25) is 0 Å². The second-order valence-electron chi connectivity index (χ2n) is 6.23. The third-order valence-electron chi connectivity index (χ3n) is 4.82. The highest BCUT2D eigenvalue weighted by Gasteiger charge is 2.32. The Kier molecular flexibility index (Phi) is 9.27. The van der Waals surface area contributed by atoms with Gasteiger partial charge in [-0.1, -0.05) is 25.0 Å². The topological polar surface area (TPSA) is 24.5 Å². The monoisotopic (exact) mass is 382 g/mol. The van der Waals surface area contributed by atoms with E-state index in [-0.39, 0.29) is 30.6 Å². The first-order chi connectivity index (χ1) is 10.7. The van der Waals surface area contributed by atoms with Crippen LogP contribution in [0.25, 0.3) is 0 Å². The van der Waals surface area contributed by atoms with Crippen molar-refractivity contribution in [1.82, 2.24) is 10.2 Å². The molecule has 0 unspecified atom stereocenters. The molecule has 0 aromatic heterocycles. The van der Waals surface area contributed by atoms with Crippen molar-refractivity contribution in [2.75, 3.05) is 26.2 Å². The first kappa shape index (κ1) is 21.4. The zero-order valence-electron chi connectivity index (χ0n) is 13.6. The lowest BCUT2D eigenvalue weighted by Crippen LogP contribution is -2.46. The molecule has 3 nitrogen and oxygen atoms in total. The van der Waals surface area contributed by atoms with Gasteiger partial charge in [-0.3, -0.25) is 4.90 Å². The predicted octanol–water partition coefficient (Wildman–Crippen LogP) is 4.27. The summed E-state index contributed by atoms with van der Waals surface area (Å²) in [4.78, 5) is 2.51. The summed E-state index contributed by atoms with van der Waals surface area (Å²) in [5.74, 6) is 0.894. The Morgan fingerprint density at radius 2 is 1.75 bits per heavy atom. The van der Waals surface area contributed by atoms with Crippen LogP contribution in [0, 0.1) is 5.92 Å². The smallest absolute Gasteiger partial charge is 0.387 e. The second-order valence-corrected chi connectivity index (χ2v) is 6.23. The highest BCUT2D eigenvalue weighted by atomic mass is 35.5. The Balaban J connectivity index is 0.00000144. The fourth-order valence-electron chi connectivity index (χ4n) is 3.89. The van der Waals surface area contributed by atoms with Crippen molar-refractivity contribution < 1.29 is 13.5 Å². The summed E-state index contributed by atoms with van der Waals surface area (Å²) in [5, 5.41) is 3.38. The number of hydrogen-bond donors (Lipinski definition) is 1. The Bertz CT molecular complexity index is 481. The minimum atomic E-state index is -2.76. The molecule has 1 N–H and O–H groups in total. The molecule has 0 bridgehead atoms. The fraction of sp³-hybridized carbons (Fsp3) is 0.647. The lowest BCUT2D eigenvalue weighted by atomic mass is 9.89. The fourth-order valence-corrected chi connectivity index (χ4v) is 3.89. The van der Waals surface area contributed by atoms with Crippen LogP contribution in [-0.4, -0.2) is 37.7 Å². The zero-order chi connectivity index (χ0) is 15.4. The molecule has 1 aliphatic heterocycles. The molecule has 1 aliphatic carbocycles. The van der Waals surface area contributed by atoms with Crippen LogP contribution >= 0.6 is 24.8 Å². The summed E-state index contributed by atoms with van der Waals surface area (Å²) in [6.45, 7) is 1.26. The molecule has 1 saturated heterocycles. The predicted molar refractivity (Wildman–Crippen MR) is 96.7 cm³/mol. The summed E-state index contributed by atoms with van der Waals surface area (Å²) in [7, 11) is 0. The Labute approximate surface area is 154 Å². The van der Waals surface area contributed by atoms with Gasteiger partial charge in [-0.2, -0.15) is 8.78 Å². The van der Waals surface area contributed by atoms with Crippen molar-refractivity contribution in [1.29, 1.82) is 0 Å². The van der Waals surface area contributed by atoms with Gasteiger partial charge in [0.1, 0.15) is 5.75 Å². The largest absolute Gasteiger partial charge is 0.435 e. The van der Waals surface area contributed by atoms with E-state index in [1.165, 1.54) is 25.7 Å². The maximum atomic E-state index is 12.5. The van der Waals surface area contributed by atoms with Crippen molar-refractivity contribution in [3.63, 3.8) is 0 Å². The van der Waals surface area contributed by atoms with Crippen LogP contribution in [0.5, 0.6) is 5.75 Å². The van der Waals surface area contributed by atoms with E-state index in [0.717, 1.165) is 31.7 Å². The van der Waals surface area contributed by atoms with Crippen LogP contribution in [0.15, 0.2) is 24.3 Å². The van der Waals surface area contributed by atoms with Crippen molar-refractivity contribution >= 4 is 24.8 Å². The molecule has 24 heavy (non-hydrogen) atoms. The number of nitrogens with one attached hydrogen (secondary N) is 1.